The predicted octanol–water partition coefficient (Wildman–Crippen LogP) is 4.15. The van der Waals surface area contributed by atoms with Crippen LogP contribution in [0.15, 0.2) is 48.5 Å². The van der Waals surface area contributed by atoms with E-state index in [2.05, 4.69) is 47.9 Å². The van der Waals surface area contributed by atoms with Crippen molar-refractivity contribution in [2.75, 3.05) is 26.7 Å². The molecule has 0 fully saturated rings. The molecule has 0 bridgehead atoms. The molecule has 1 aromatic heterocycles. The Morgan fingerprint density at radius 2 is 1.66 bits per heavy atom. The van der Waals surface area contributed by atoms with Gasteiger partial charge in [-0.15, -0.1) is 0 Å². The number of aryl methyl sites for hydroxylation is 1. The monoisotopic (exact) mass is 391 g/mol. The normalized spacial score (nSPS) is 11.4. The number of rotatable bonds is 7. The summed E-state index contributed by atoms with van der Waals surface area (Å²) in [5.41, 5.74) is 3.38. The second kappa shape index (κ2) is 8.95. The van der Waals surface area contributed by atoms with Gasteiger partial charge >= 0.3 is 0 Å². The fourth-order valence-corrected chi connectivity index (χ4v) is 3.77. The molecule has 0 aliphatic heterocycles. The maximum absolute atomic E-state index is 12.4. The highest BCUT2D eigenvalue weighted by Gasteiger charge is 2.15. The van der Waals surface area contributed by atoms with Gasteiger partial charge in [0.15, 0.2) is 0 Å². The molecular formula is C24H29N3O2. The Balaban J connectivity index is 1.81. The molecule has 0 aliphatic rings. The first-order valence-corrected chi connectivity index (χ1v) is 10.2. The van der Waals surface area contributed by atoms with Gasteiger partial charge < -0.3 is 14.4 Å². The first-order chi connectivity index (χ1) is 14.0. The Hall–Kier alpha value is -3.08. The van der Waals surface area contributed by atoms with Crippen molar-refractivity contribution in [2.45, 2.75) is 27.3 Å². The summed E-state index contributed by atoms with van der Waals surface area (Å²) in [4.78, 5) is 27.8. The van der Waals surface area contributed by atoms with E-state index in [4.69, 9.17) is 0 Å². The summed E-state index contributed by atoms with van der Waals surface area (Å²) in [6, 6.07) is 14.6. The molecule has 0 aliphatic carbocycles. The fraction of sp³-hybridized carbons (Fsp3) is 0.333. The molecule has 0 N–H and O–H groups in total. The minimum absolute atomic E-state index is 0.0342. The van der Waals surface area contributed by atoms with E-state index >= 15 is 0 Å². The van der Waals surface area contributed by atoms with Crippen LogP contribution in [0.2, 0.25) is 0 Å². The number of carbonyl (C=O) groups excluding carboxylic acids is 2. The van der Waals surface area contributed by atoms with Crippen LogP contribution in [0.1, 0.15) is 26.3 Å². The lowest BCUT2D eigenvalue weighted by molar-refractivity contribution is -0.136. The molecule has 29 heavy (non-hydrogen) atoms. The first kappa shape index (κ1) is 20.6. The number of likely N-dealkylation sites (N-methyl/N-ethyl adjacent to an activating group) is 2. The predicted molar refractivity (Wildman–Crippen MR) is 120 cm³/mol. The molecule has 0 unspecified atom stereocenters. The second-order valence-corrected chi connectivity index (χ2v) is 7.13. The third-order valence-corrected chi connectivity index (χ3v) is 5.40. The van der Waals surface area contributed by atoms with Gasteiger partial charge in [-0.05, 0) is 50.6 Å². The summed E-state index contributed by atoms with van der Waals surface area (Å²) >= 11 is 0. The molecule has 5 heteroatoms. The van der Waals surface area contributed by atoms with E-state index in [1.807, 2.05) is 26.0 Å². The number of amides is 2. The van der Waals surface area contributed by atoms with Crippen molar-refractivity contribution in [3.05, 3.63) is 54.1 Å². The van der Waals surface area contributed by atoms with E-state index in [0.29, 0.717) is 13.1 Å². The van der Waals surface area contributed by atoms with Gasteiger partial charge in [0.25, 0.3) is 0 Å². The Labute approximate surface area is 172 Å². The standard InChI is InChI=1S/C24H29N3O2/c1-5-26(6-2)24(29)17-25(4)23(28)15-13-18-12-14-22-20(16-18)19-10-8-9-11-21(19)27(22)7-3/h8-16H,5-7,17H2,1-4H3/b15-13+. The Kier molecular flexibility index (Phi) is 6.37. The number of benzene rings is 2. The summed E-state index contributed by atoms with van der Waals surface area (Å²) in [6.45, 7) is 8.32. The van der Waals surface area contributed by atoms with Gasteiger partial charge in [-0.1, -0.05) is 24.3 Å². The molecule has 3 rings (SSSR count). The lowest BCUT2D eigenvalue weighted by Gasteiger charge is -2.22. The van der Waals surface area contributed by atoms with Gasteiger partial charge in [0.1, 0.15) is 0 Å². The van der Waals surface area contributed by atoms with Crippen molar-refractivity contribution in [1.29, 1.82) is 0 Å². The smallest absolute Gasteiger partial charge is 0.246 e. The van der Waals surface area contributed by atoms with Gasteiger partial charge in [-0.25, -0.2) is 0 Å². The molecule has 3 aromatic rings. The summed E-state index contributed by atoms with van der Waals surface area (Å²) in [5, 5.41) is 2.40. The minimum Gasteiger partial charge on any atom is -0.342 e. The van der Waals surface area contributed by atoms with E-state index < -0.39 is 0 Å². The van der Waals surface area contributed by atoms with E-state index in [-0.39, 0.29) is 18.4 Å². The highest BCUT2D eigenvalue weighted by molar-refractivity contribution is 6.08. The maximum Gasteiger partial charge on any atom is 0.246 e. The van der Waals surface area contributed by atoms with Crippen molar-refractivity contribution in [3.8, 4) is 0 Å². The zero-order valence-electron chi connectivity index (χ0n) is 17.7. The summed E-state index contributed by atoms with van der Waals surface area (Å²) < 4.78 is 2.30. The van der Waals surface area contributed by atoms with Crippen molar-refractivity contribution >= 4 is 39.7 Å². The molecule has 0 saturated carbocycles. The fourth-order valence-electron chi connectivity index (χ4n) is 3.77. The average Bonchev–Trinajstić information content (AvgIpc) is 3.05. The molecule has 0 saturated heterocycles. The van der Waals surface area contributed by atoms with Crippen molar-refractivity contribution in [2.24, 2.45) is 0 Å². The van der Waals surface area contributed by atoms with Crippen molar-refractivity contribution < 1.29 is 9.59 Å². The molecule has 2 aromatic carbocycles. The minimum atomic E-state index is -0.179. The van der Waals surface area contributed by atoms with E-state index in [1.54, 1.807) is 11.9 Å². The number of nitrogens with zero attached hydrogens (tertiary/aromatic N) is 3. The molecule has 1 heterocycles. The van der Waals surface area contributed by atoms with Crippen LogP contribution in [-0.2, 0) is 16.1 Å². The van der Waals surface area contributed by atoms with Crippen molar-refractivity contribution in [3.63, 3.8) is 0 Å². The number of para-hydroxylation sites is 1. The second-order valence-electron chi connectivity index (χ2n) is 7.13. The Bertz CT molecular complexity index is 1060. The van der Waals surface area contributed by atoms with Crippen LogP contribution in [-0.4, -0.2) is 52.9 Å². The zero-order chi connectivity index (χ0) is 21.0. The molecule has 152 valence electrons. The van der Waals surface area contributed by atoms with Crippen LogP contribution in [0.3, 0.4) is 0 Å². The van der Waals surface area contributed by atoms with Gasteiger partial charge in [0.2, 0.25) is 11.8 Å². The zero-order valence-corrected chi connectivity index (χ0v) is 17.7. The van der Waals surface area contributed by atoms with E-state index in [0.717, 1.165) is 12.1 Å². The first-order valence-electron chi connectivity index (χ1n) is 10.2. The number of hydrogen-bond donors (Lipinski definition) is 0. The molecule has 0 radical (unpaired) electrons. The highest BCUT2D eigenvalue weighted by Crippen LogP contribution is 2.29. The van der Waals surface area contributed by atoms with Gasteiger partial charge in [-0.3, -0.25) is 9.59 Å². The number of hydrogen-bond acceptors (Lipinski definition) is 2. The quantitative estimate of drug-likeness (QED) is 0.568. The van der Waals surface area contributed by atoms with Crippen LogP contribution in [0, 0.1) is 0 Å². The lowest BCUT2D eigenvalue weighted by Crippen LogP contribution is -2.40. The van der Waals surface area contributed by atoms with Crippen LogP contribution in [0.4, 0.5) is 0 Å². The molecule has 2 amide bonds. The molecule has 5 nitrogen and oxygen atoms in total. The van der Waals surface area contributed by atoms with Gasteiger partial charge in [0.05, 0.1) is 6.54 Å². The van der Waals surface area contributed by atoms with Gasteiger partial charge in [-0.2, -0.15) is 0 Å². The van der Waals surface area contributed by atoms with E-state index in [1.165, 1.54) is 32.8 Å². The van der Waals surface area contributed by atoms with Crippen LogP contribution < -0.4 is 0 Å². The highest BCUT2D eigenvalue weighted by atomic mass is 16.2. The molecule has 0 atom stereocenters. The van der Waals surface area contributed by atoms with Gasteiger partial charge in [0, 0.05) is 54.6 Å². The average molecular weight is 392 g/mol. The van der Waals surface area contributed by atoms with Crippen molar-refractivity contribution in [1.82, 2.24) is 14.4 Å². The maximum atomic E-state index is 12.4. The van der Waals surface area contributed by atoms with E-state index in [9.17, 15) is 9.59 Å². The third kappa shape index (κ3) is 4.19. The third-order valence-electron chi connectivity index (χ3n) is 5.40. The van der Waals surface area contributed by atoms with Crippen LogP contribution >= 0.6 is 0 Å². The molecular weight excluding hydrogens is 362 g/mol. The molecule has 0 spiro atoms. The van der Waals surface area contributed by atoms with Crippen LogP contribution in [0.5, 0.6) is 0 Å². The summed E-state index contributed by atoms with van der Waals surface area (Å²) in [5.74, 6) is -0.213. The number of carbonyl (C=O) groups is 2. The lowest BCUT2D eigenvalue weighted by atomic mass is 10.1. The topological polar surface area (TPSA) is 45.6 Å². The number of fused-ring (bicyclic) bond motifs is 3. The largest absolute Gasteiger partial charge is 0.342 e. The summed E-state index contributed by atoms with van der Waals surface area (Å²) in [7, 11) is 1.66. The number of aromatic nitrogens is 1. The Morgan fingerprint density at radius 3 is 2.34 bits per heavy atom. The Morgan fingerprint density at radius 1 is 0.966 bits per heavy atom. The SMILES string of the molecule is CCN(CC)C(=O)CN(C)C(=O)/C=C/c1ccc2c(c1)c1ccccc1n2CC. The van der Waals surface area contributed by atoms with Crippen LogP contribution in [0.25, 0.3) is 27.9 Å². The summed E-state index contributed by atoms with van der Waals surface area (Å²) in [6.07, 6.45) is 3.36.